The molecule has 2 heterocycles. The molecule has 24 heavy (non-hydrogen) atoms. The number of benzene rings is 1. The molecule has 0 amide bonds. The van der Waals surface area contributed by atoms with Crippen LogP contribution in [0.5, 0.6) is 5.75 Å². The number of phenols is 1. The van der Waals surface area contributed by atoms with Crippen molar-refractivity contribution >= 4 is 5.69 Å². The second-order valence-corrected chi connectivity index (χ2v) is 5.86. The molecule has 0 spiro atoms. The van der Waals surface area contributed by atoms with Crippen LogP contribution in [0.4, 0.5) is 5.69 Å². The number of aromatic hydroxyl groups is 1. The van der Waals surface area contributed by atoms with E-state index in [1.807, 2.05) is 0 Å². The first kappa shape index (κ1) is 16.3. The molecule has 1 saturated heterocycles. The van der Waals surface area contributed by atoms with Gasteiger partial charge < -0.3 is 9.63 Å². The van der Waals surface area contributed by atoms with Gasteiger partial charge in [0.05, 0.1) is 11.5 Å². The van der Waals surface area contributed by atoms with E-state index in [4.69, 9.17) is 4.52 Å². The Labute approximate surface area is 138 Å². The highest BCUT2D eigenvalue weighted by Crippen LogP contribution is 2.24. The van der Waals surface area contributed by atoms with Gasteiger partial charge in [0.1, 0.15) is 5.75 Å². The summed E-state index contributed by atoms with van der Waals surface area (Å²) >= 11 is 0. The number of nitro benzene ring substituents is 1. The Bertz CT molecular complexity index is 724. The third kappa shape index (κ3) is 3.87. The molecule has 3 rings (SSSR count). The summed E-state index contributed by atoms with van der Waals surface area (Å²) in [6, 6.07) is 4.12. The standard InChI is InChI=1S/C15H19N5O4/c1-11-16-15(24-17-11)10-19-6-4-18(5-7-19)9-12-8-13(20(22)23)2-3-14(12)21/h2-3,8,21H,4-7,9-10H2,1H3. The summed E-state index contributed by atoms with van der Waals surface area (Å²) in [5.41, 5.74) is 0.568. The van der Waals surface area contributed by atoms with E-state index in [9.17, 15) is 15.2 Å². The van der Waals surface area contributed by atoms with Crippen LogP contribution in [-0.2, 0) is 13.1 Å². The van der Waals surface area contributed by atoms with Gasteiger partial charge >= 0.3 is 0 Å². The van der Waals surface area contributed by atoms with Crippen molar-refractivity contribution in [1.29, 1.82) is 0 Å². The molecule has 0 radical (unpaired) electrons. The lowest BCUT2D eigenvalue weighted by Gasteiger charge is -2.33. The second-order valence-electron chi connectivity index (χ2n) is 5.86. The van der Waals surface area contributed by atoms with E-state index in [0.29, 0.717) is 30.4 Å². The van der Waals surface area contributed by atoms with Crippen molar-refractivity contribution in [2.24, 2.45) is 0 Å². The summed E-state index contributed by atoms with van der Waals surface area (Å²) in [6.07, 6.45) is 0. The summed E-state index contributed by atoms with van der Waals surface area (Å²) in [7, 11) is 0. The molecule has 1 aliphatic heterocycles. The maximum Gasteiger partial charge on any atom is 0.270 e. The van der Waals surface area contributed by atoms with Crippen LogP contribution in [0.25, 0.3) is 0 Å². The number of hydrogen-bond donors (Lipinski definition) is 1. The lowest BCUT2D eigenvalue weighted by molar-refractivity contribution is -0.385. The molecule has 0 saturated carbocycles. The first-order chi connectivity index (χ1) is 11.5. The molecule has 1 aromatic carbocycles. The first-order valence-electron chi connectivity index (χ1n) is 7.71. The van der Waals surface area contributed by atoms with E-state index in [-0.39, 0.29) is 11.4 Å². The molecule has 1 N–H and O–H groups in total. The fraction of sp³-hybridized carbons (Fsp3) is 0.467. The average molecular weight is 333 g/mol. The van der Waals surface area contributed by atoms with Crippen molar-refractivity contribution in [3.63, 3.8) is 0 Å². The average Bonchev–Trinajstić information content (AvgIpc) is 2.96. The number of nitro groups is 1. The smallest absolute Gasteiger partial charge is 0.270 e. The first-order valence-corrected chi connectivity index (χ1v) is 7.71. The van der Waals surface area contributed by atoms with Crippen molar-refractivity contribution in [3.05, 3.63) is 45.6 Å². The Hall–Kier alpha value is -2.52. The molecule has 0 bridgehead atoms. The normalized spacial score (nSPS) is 16.4. The van der Waals surface area contributed by atoms with Crippen molar-refractivity contribution in [2.45, 2.75) is 20.0 Å². The van der Waals surface area contributed by atoms with Crippen LogP contribution >= 0.6 is 0 Å². The summed E-state index contributed by atoms with van der Waals surface area (Å²) in [5.74, 6) is 1.33. The Morgan fingerprint density at radius 3 is 2.50 bits per heavy atom. The predicted octanol–water partition coefficient (Wildman–Crippen LogP) is 1.31. The zero-order valence-corrected chi connectivity index (χ0v) is 13.4. The summed E-state index contributed by atoms with van der Waals surface area (Å²) in [5, 5.41) is 24.5. The van der Waals surface area contributed by atoms with Crippen LogP contribution in [0.15, 0.2) is 22.7 Å². The second kappa shape index (κ2) is 6.93. The Morgan fingerprint density at radius 2 is 1.92 bits per heavy atom. The number of aromatic nitrogens is 2. The molecule has 2 aromatic rings. The van der Waals surface area contributed by atoms with Gasteiger partial charge in [-0.15, -0.1) is 0 Å². The van der Waals surface area contributed by atoms with Crippen molar-refractivity contribution in [2.75, 3.05) is 26.2 Å². The minimum absolute atomic E-state index is 0.00630. The molecular formula is C15H19N5O4. The van der Waals surface area contributed by atoms with Gasteiger partial charge in [-0.2, -0.15) is 4.98 Å². The van der Waals surface area contributed by atoms with E-state index < -0.39 is 4.92 Å². The van der Waals surface area contributed by atoms with Gasteiger partial charge in [-0.3, -0.25) is 19.9 Å². The van der Waals surface area contributed by atoms with Gasteiger partial charge in [0.2, 0.25) is 5.89 Å². The Balaban J connectivity index is 1.55. The summed E-state index contributed by atoms with van der Waals surface area (Å²) < 4.78 is 5.13. The van der Waals surface area contributed by atoms with Crippen LogP contribution in [0.1, 0.15) is 17.3 Å². The van der Waals surface area contributed by atoms with E-state index in [1.54, 1.807) is 6.92 Å². The van der Waals surface area contributed by atoms with Crippen molar-refractivity contribution in [1.82, 2.24) is 19.9 Å². The van der Waals surface area contributed by atoms with Crippen LogP contribution in [0.3, 0.4) is 0 Å². The largest absolute Gasteiger partial charge is 0.508 e. The van der Waals surface area contributed by atoms with Gasteiger partial charge in [-0.25, -0.2) is 0 Å². The highest BCUT2D eigenvalue weighted by atomic mass is 16.6. The molecule has 1 aliphatic rings. The third-order valence-electron chi connectivity index (χ3n) is 4.06. The monoisotopic (exact) mass is 333 g/mol. The lowest BCUT2D eigenvalue weighted by Crippen LogP contribution is -2.45. The van der Waals surface area contributed by atoms with E-state index in [2.05, 4.69) is 19.9 Å². The maximum atomic E-state index is 10.9. The zero-order valence-electron chi connectivity index (χ0n) is 13.4. The highest BCUT2D eigenvalue weighted by molar-refractivity contribution is 5.42. The van der Waals surface area contributed by atoms with Gasteiger partial charge in [-0.1, -0.05) is 5.16 Å². The lowest BCUT2D eigenvalue weighted by atomic mass is 10.1. The predicted molar refractivity (Wildman–Crippen MR) is 84.4 cm³/mol. The molecule has 9 nitrogen and oxygen atoms in total. The number of non-ortho nitro benzene ring substituents is 1. The Kier molecular flexibility index (Phi) is 4.72. The van der Waals surface area contributed by atoms with Gasteiger partial charge in [0, 0.05) is 50.4 Å². The van der Waals surface area contributed by atoms with Crippen molar-refractivity contribution in [3.8, 4) is 5.75 Å². The van der Waals surface area contributed by atoms with Crippen LogP contribution < -0.4 is 0 Å². The fourth-order valence-electron chi connectivity index (χ4n) is 2.75. The van der Waals surface area contributed by atoms with Crippen LogP contribution in [0.2, 0.25) is 0 Å². The van der Waals surface area contributed by atoms with Crippen LogP contribution in [0, 0.1) is 17.0 Å². The minimum atomic E-state index is -0.451. The molecule has 128 valence electrons. The Morgan fingerprint density at radius 1 is 1.25 bits per heavy atom. The van der Waals surface area contributed by atoms with Gasteiger partial charge in [0.25, 0.3) is 5.69 Å². The zero-order chi connectivity index (χ0) is 17.1. The molecule has 1 aromatic heterocycles. The number of rotatable bonds is 5. The molecule has 1 fully saturated rings. The van der Waals surface area contributed by atoms with Gasteiger partial charge in [0.15, 0.2) is 5.82 Å². The van der Waals surface area contributed by atoms with E-state index in [1.165, 1.54) is 18.2 Å². The van der Waals surface area contributed by atoms with E-state index in [0.717, 1.165) is 26.2 Å². The number of piperazine rings is 1. The summed E-state index contributed by atoms with van der Waals surface area (Å²) in [4.78, 5) is 19.0. The highest BCUT2D eigenvalue weighted by Gasteiger charge is 2.20. The minimum Gasteiger partial charge on any atom is -0.508 e. The van der Waals surface area contributed by atoms with Gasteiger partial charge in [-0.05, 0) is 13.0 Å². The van der Waals surface area contributed by atoms with E-state index >= 15 is 0 Å². The molecule has 0 atom stereocenters. The summed E-state index contributed by atoms with van der Waals surface area (Å²) in [6.45, 7) is 6.16. The number of nitrogens with zero attached hydrogens (tertiary/aromatic N) is 5. The molecule has 9 heteroatoms. The molecule has 0 aliphatic carbocycles. The number of phenolic OH excluding ortho intramolecular Hbond substituents is 1. The third-order valence-corrected chi connectivity index (χ3v) is 4.06. The molecular weight excluding hydrogens is 314 g/mol. The number of aryl methyl sites for hydroxylation is 1. The fourth-order valence-corrected chi connectivity index (χ4v) is 2.75. The SMILES string of the molecule is Cc1noc(CN2CCN(Cc3cc([N+](=O)[O-])ccc3O)CC2)n1. The topological polar surface area (TPSA) is 109 Å². The quantitative estimate of drug-likeness (QED) is 0.644. The number of hydrogen-bond acceptors (Lipinski definition) is 8. The molecule has 0 unspecified atom stereocenters. The van der Waals surface area contributed by atoms with Crippen molar-refractivity contribution < 1.29 is 14.6 Å². The maximum absolute atomic E-state index is 10.9. The van der Waals surface area contributed by atoms with Crippen LogP contribution in [-0.4, -0.2) is 56.1 Å².